The molecular weight excluding hydrogens is 260 g/mol. The van der Waals surface area contributed by atoms with E-state index in [2.05, 4.69) is 0 Å². The zero-order chi connectivity index (χ0) is 14.2. The number of benzene rings is 1. The molecule has 2 rings (SSSR count). The molecule has 0 aliphatic carbocycles. The van der Waals surface area contributed by atoms with Crippen LogP contribution in [0.4, 0.5) is 0 Å². The Morgan fingerprint density at radius 1 is 1.21 bits per heavy atom. The molecular formula is C14H22N2O2S. The molecule has 2 atom stereocenters. The minimum atomic E-state index is -3.39. The molecule has 19 heavy (non-hydrogen) atoms. The molecule has 1 aliphatic rings. The highest BCUT2D eigenvalue weighted by Gasteiger charge is 2.32. The average molecular weight is 282 g/mol. The quantitative estimate of drug-likeness (QED) is 0.897. The summed E-state index contributed by atoms with van der Waals surface area (Å²) in [6.45, 7) is 6.87. The molecule has 106 valence electrons. The molecule has 0 bridgehead atoms. The Morgan fingerprint density at radius 2 is 1.79 bits per heavy atom. The van der Waals surface area contributed by atoms with Gasteiger partial charge in [0.25, 0.3) is 0 Å². The number of nitrogens with zero attached hydrogens (tertiary/aromatic N) is 1. The molecule has 0 aromatic heterocycles. The first-order valence-corrected chi connectivity index (χ1v) is 8.09. The summed E-state index contributed by atoms with van der Waals surface area (Å²) >= 11 is 0. The van der Waals surface area contributed by atoms with Gasteiger partial charge >= 0.3 is 0 Å². The van der Waals surface area contributed by atoms with E-state index in [0.717, 1.165) is 17.5 Å². The monoisotopic (exact) mass is 282 g/mol. The normalized spacial score (nSPS) is 25.5. The summed E-state index contributed by atoms with van der Waals surface area (Å²) in [5, 5.41) is 0. The van der Waals surface area contributed by atoms with Crippen molar-refractivity contribution < 1.29 is 8.42 Å². The van der Waals surface area contributed by atoms with E-state index in [1.807, 2.05) is 26.8 Å². The van der Waals surface area contributed by atoms with E-state index in [0.29, 0.717) is 18.0 Å². The molecule has 0 saturated carbocycles. The Balaban J connectivity index is 2.32. The van der Waals surface area contributed by atoms with Crippen molar-refractivity contribution >= 4 is 10.0 Å². The van der Waals surface area contributed by atoms with Gasteiger partial charge in [-0.1, -0.05) is 13.0 Å². The van der Waals surface area contributed by atoms with Crippen molar-refractivity contribution in [3.05, 3.63) is 29.3 Å². The Kier molecular flexibility index (Phi) is 3.99. The van der Waals surface area contributed by atoms with Gasteiger partial charge in [-0.15, -0.1) is 0 Å². The van der Waals surface area contributed by atoms with Crippen LogP contribution in [-0.4, -0.2) is 31.9 Å². The van der Waals surface area contributed by atoms with Crippen LogP contribution in [0.2, 0.25) is 0 Å². The molecule has 2 N–H and O–H groups in total. The Labute approximate surface area is 115 Å². The number of rotatable bonds is 2. The van der Waals surface area contributed by atoms with Gasteiger partial charge < -0.3 is 5.73 Å². The minimum absolute atomic E-state index is 0.102. The molecule has 1 aliphatic heterocycles. The Hall–Kier alpha value is -0.910. The van der Waals surface area contributed by atoms with Crippen LogP contribution in [-0.2, 0) is 10.0 Å². The smallest absolute Gasteiger partial charge is 0.243 e. The molecule has 1 fully saturated rings. The summed E-state index contributed by atoms with van der Waals surface area (Å²) in [4.78, 5) is 0.396. The third-order valence-corrected chi connectivity index (χ3v) is 5.61. The van der Waals surface area contributed by atoms with Crippen LogP contribution in [0.5, 0.6) is 0 Å². The van der Waals surface area contributed by atoms with Gasteiger partial charge in [0.1, 0.15) is 0 Å². The van der Waals surface area contributed by atoms with Gasteiger partial charge in [-0.2, -0.15) is 4.31 Å². The molecule has 0 spiro atoms. The Morgan fingerprint density at radius 3 is 2.32 bits per heavy atom. The van der Waals surface area contributed by atoms with E-state index in [1.54, 1.807) is 16.4 Å². The van der Waals surface area contributed by atoms with Crippen LogP contribution in [0.1, 0.15) is 24.5 Å². The summed E-state index contributed by atoms with van der Waals surface area (Å²) < 4.78 is 26.8. The van der Waals surface area contributed by atoms with Gasteiger partial charge in [-0.3, -0.25) is 0 Å². The molecule has 4 nitrogen and oxygen atoms in total. The fraction of sp³-hybridized carbons (Fsp3) is 0.571. The SMILES string of the molecule is Cc1cc(C)cc(S(=O)(=O)N2CCC(N)C(C)C2)c1. The first-order chi connectivity index (χ1) is 8.80. The second-order valence-corrected chi connectivity index (χ2v) is 7.55. The first kappa shape index (κ1) is 14.5. The second-order valence-electron chi connectivity index (χ2n) is 5.62. The van der Waals surface area contributed by atoms with Crippen molar-refractivity contribution in [3.8, 4) is 0 Å². The van der Waals surface area contributed by atoms with E-state index in [1.165, 1.54) is 0 Å². The minimum Gasteiger partial charge on any atom is -0.327 e. The second kappa shape index (κ2) is 5.23. The highest BCUT2D eigenvalue weighted by atomic mass is 32.2. The van der Waals surface area contributed by atoms with E-state index >= 15 is 0 Å². The van der Waals surface area contributed by atoms with Gasteiger partial charge in [-0.05, 0) is 49.4 Å². The molecule has 0 amide bonds. The van der Waals surface area contributed by atoms with Gasteiger partial charge in [0.05, 0.1) is 4.90 Å². The summed E-state index contributed by atoms with van der Waals surface area (Å²) in [5.74, 6) is 0.203. The number of nitrogens with two attached hydrogens (primary N) is 1. The van der Waals surface area contributed by atoms with E-state index in [-0.39, 0.29) is 12.0 Å². The number of sulfonamides is 1. The molecule has 1 saturated heterocycles. The van der Waals surface area contributed by atoms with Crippen LogP contribution < -0.4 is 5.73 Å². The van der Waals surface area contributed by atoms with Crippen molar-refractivity contribution in [2.75, 3.05) is 13.1 Å². The lowest BCUT2D eigenvalue weighted by Gasteiger charge is -2.34. The van der Waals surface area contributed by atoms with Gasteiger partial charge in [0, 0.05) is 19.1 Å². The van der Waals surface area contributed by atoms with E-state index in [4.69, 9.17) is 5.73 Å². The summed E-state index contributed by atoms with van der Waals surface area (Å²) in [6.07, 6.45) is 0.727. The molecule has 1 heterocycles. The van der Waals surface area contributed by atoms with Gasteiger partial charge in [0.15, 0.2) is 0 Å². The predicted molar refractivity (Wildman–Crippen MR) is 76.4 cm³/mol. The lowest BCUT2D eigenvalue weighted by molar-refractivity contribution is 0.250. The summed E-state index contributed by atoms with van der Waals surface area (Å²) in [7, 11) is -3.39. The first-order valence-electron chi connectivity index (χ1n) is 6.65. The number of aryl methyl sites for hydroxylation is 2. The van der Waals surface area contributed by atoms with Crippen LogP contribution in [0, 0.1) is 19.8 Å². The summed E-state index contributed by atoms with van der Waals surface area (Å²) in [6, 6.07) is 5.56. The van der Waals surface area contributed by atoms with E-state index < -0.39 is 10.0 Å². The van der Waals surface area contributed by atoms with Gasteiger partial charge in [0.2, 0.25) is 10.0 Å². The van der Waals surface area contributed by atoms with Crippen LogP contribution in [0.3, 0.4) is 0 Å². The van der Waals surface area contributed by atoms with Crippen molar-refractivity contribution in [2.24, 2.45) is 11.7 Å². The van der Waals surface area contributed by atoms with E-state index in [9.17, 15) is 8.42 Å². The molecule has 1 aromatic carbocycles. The molecule has 1 aromatic rings. The van der Waals surface area contributed by atoms with Crippen LogP contribution in [0.25, 0.3) is 0 Å². The predicted octanol–water partition coefficient (Wildman–Crippen LogP) is 1.66. The van der Waals surface area contributed by atoms with Crippen molar-refractivity contribution in [3.63, 3.8) is 0 Å². The highest BCUT2D eigenvalue weighted by molar-refractivity contribution is 7.89. The van der Waals surface area contributed by atoms with Crippen molar-refractivity contribution in [2.45, 2.75) is 38.1 Å². The Bertz CT molecular complexity index is 549. The maximum absolute atomic E-state index is 12.6. The fourth-order valence-electron chi connectivity index (χ4n) is 2.57. The van der Waals surface area contributed by atoms with Crippen LogP contribution >= 0.6 is 0 Å². The van der Waals surface area contributed by atoms with Crippen molar-refractivity contribution in [1.82, 2.24) is 4.31 Å². The zero-order valence-electron chi connectivity index (χ0n) is 11.8. The number of hydrogen-bond donors (Lipinski definition) is 1. The number of piperidine rings is 1. The maximum Gasteiger partial charge on any atom is 0.243 e. The summed E-state index contributed by atoms with van der Waals surface area (Å²) in [5.41, 5.74) is 7.89. The fourth-order valence-corrected chi connectivity index (χ4v) is 4.32. The third-order valence-electron chi connectivity index (χ3n) is 3.77. The molecule has 0 radical (unpaired) electrons. The zero-order valence-corrected chi connectivity index (χ0v) is 12.6. The molecule has 2 unspecified atom stereocenters. The van der Waals surface area contributed by atoms with Crippen LogP contribution in [0.15, 0.2) is 23.1 Å². The number of hydrogen-bond acceptors (Lipinski definition) is 3. The lowest BCUT2D eigenvalue weighted by atomic mass is 9.96. The van der Waals surface area contributed by atoms with Crippen molar-refractivity contribution in [1.29, 1.82) is 0 Å². The lowest BCUT2D eigenvalue weighted by Crippen LogP contribution is -2.48. The largest absolute Gasteiger partial charge is 0.327 e. The standard InChI is InChI=1S/C14H22N2O2S/c1-10-6-11(2)8-13(7-10)19(17,18)16-5-4-14(15)12(3)9-16/h6-8,12,14H,4-5,9,15H2,1-3H3. The highest BCUT2D eigenvalue weighted by Crippen LogP contribution is 2.24. The van der Waals surface area contributed by atoms with Gasteiger partial charge in [-0.25, -0.2) is 8.42 Å². The maximum atomic E-state index is 12.6. The molecule has 5 heteroatoms. The average Bonchev–Trinajstić information content (AvgIpc) is 2.31. The third kappa shape index (κ3) is 2.99. The topological polar surface area (TPSA) is 63.4 Å².